The molecular weight excluding hydrogens is 338 g/mol. The summed E-state index contributed by atoms with van der Waals surface area (Å²) in [6.07, 6.45) is 5.39. The van der Waals surface area contributed by atoms with Crippen molar-refractivity contribution in [2.24, 2.45) is 0 Å². The lowest BCUT2D eigenvalue weighted by molar-refractivity contribution is -0.146. The molecule has 0 amide bonds. The normalized spacial score (nSPS) is 21.0. The molecular formula is C17H21N5O2S. The van der Waals surface area contributed by atoms with Crippen LogP contribution in [0.3, 0.4) is 0 Å². The molecule has 1 atom stereocenters. The van der Waals surface area contributed by atoms with Gasteiger partial charge in [0.15, 0.2) is 0 Å². The molecule has 1 saturated carbocycles. The van der Waals surface area contributed by atoms with Crippen molar-refractivity contribution < 1.29 is 9.53 Å². The van der Waals surface area contributed by atoms with Crippen LogP contribution in [0.15, 0.2) is 22.7 Å². The van der Waals surface area contributed by atoms with Gasteiger partial charge in [0.25, 0.3) is 0 Å². The van der Waals surface area contributed by atoms with E-state index < -0.39 is 0 Å². The van der Waals surface area contributed by atoms with Gasteiger partial charge in [-0.25, -0.2) is 4.79 Å². The minimum atomic E-state index is -0.345. The summed E-state index contributed by atoms with van der Waals surface area (Å²) in [5.74, 6) is 0.278. The molecule has 0 bridgehead atoms. The van der Waals surface area contributed by atoms with E-state index >= 15 is 0 Å². The highest BCUT2D eigenvalue weighted by Gasteiger charge is 2.37. The molecule has 132 valence electrons. The van der Waals surface area contributed by atoms with Crippen LogP contribution in [-0.2, 0) is 9.53 Å². The minimum absolute atomic E-state index is 0.0156. The third kappa shape index (κ3) is 2.95. The van der Waals surface area contributed by atoms with Gasteiger partial charge in [-0.15, -0.1) is 11.3 Å². The Kier molecular flexibility index (Phi) is 4.29. The standard InChI is InChI=1S/C17H21N5O2S/c1-10-8-9-25-15(10)14-13(11(2)18-17-19-20-21-22(14)17)16(23)24-12-6-4-3-5-7-12/h8-9,12,14H,3-7H2,1-2H3,(H,18,19,21)/t14-/m1/s1. The van der Waals surface area contributed by atoms with Crippen molar-refractivity contribution in [3.63, 3.8) is 0 Å². The second-order valence-corrected chi connectivity index (χ2v) is 7.59. The molecule has 2 aromatic heterocycles. The molecule has 2 aromatic rings. The van der Waals surface area contributed by atoms with E-state index in [9.17, 15) is 4.79 Å². The Balaban J connectivity index is 1.70. The van der Waals surface area contributed by atoms with Crippen LogP contribution in [0.5, 0.6) is 0 Å². The SMILES string of the molecule is CC1=C(C(=O)OC2CCCCC2)[C@H](c2sccc2C)n2nnnc2N1. The predicted octanol–water partition coefficient (Wildman–Crippen LogP) is 3.21. The summed E-state index contributed by atoms with van der Waals surface area (Å²) in [6, 6.07) is 1.70. The number of hydrogen-bond donors (Lipinski definition) is 1. The molecule has 2 aliphatic rings. The van der Waals surface area contributed by atoms with Gasteiger partial charge >= 0.3 is 5.97 Å². The van der Waals surface area contributed by atoms with E-state index in [4.69, 9.17) is 4.74 Å². The van der Waals surface area contributed by atoms with E-state index in [1.807, 2.05) is 25.3 Å². The van der Waals surface area contributed by atoms with Crippen LogP contribution in [0.4, 0.5) is 5.95 Å². The molecule has 0 spiro atoms. The number of nitrogens with one attached hydrogen (secondary N) is 1. The molecule has 1 aliphatic heterocycles. The molecule has 0 aromatic carbocycles. The molecule has 7 nitrogen and oxygen atoms in total. The third-order valence-corrected chi connectivity index (χ3v) is 5.98. The Morgan fingerprint density at radius 1 is 1.32 bits per heavy atom. The van der Waals surface area contributed by atoms with E-state index in [1.165, 1.54) is 6.42 Å². The number of carbonyl (C=O) groups is 1. The second-order valence-electron chi connectivity index (χ2n) is 6.65. The number of allylic oxidation sites excluding steroid dienone is 1. The first-order valence-corrected chi connectivity index (χ1v) is 9.53. The van der Waals surface area contributed by atoms with E-state index in [0.717, 1.165) is 41.8 Å². The van der Waals surface area contributed by atoms with E-state index in [-0.39, 0.29) is 18.1 Å². The van der Waals surface area contributed by atoms with Crippen molar-refractivity contribution in [2.75, 3.05) is 5.32 Å². The molecule has 25 heavy (non-hydrogen) atoms. The van der Waals surface area contributed by atoms with Crippen LogP contribution >= 0.6 is 11.3 Å². The molecule has 8 heteroatoms. The number of aromatic nitrogens is 4. The fourth-order valence-electron chi connectivity index (χ4n) is 3.58. The summed E-state index contributed by atoms with van der Waals surface area (Å²) < 4.78 is 7.52. The summed E-state index contributed by atoms with van der Waals surface area (Å²) in [7, 11) is 0. The van der Waals surface area contributed by atoms with Crippen LogP contribution in [0.1, 0.15) is 55.5 Å². The maximum absolute atomic E-state index is 13.0. The molecule has 0 unspecified atom stereocenters. The number of anilines is 1. The maximum atomic E-state index is 13.0. The molecule has 4 rings (SSSR count). The average molecular weight is 359 g/mol. The Morgan fingerprint density at radius 2 is 2.12 bits per heavy atom. The zero-order valence-corrected chi connectivity index (χ0v) is 15.2. The maximum Gasteiger partial charge on any atom is 0.338 e. The molecule has 0 radical (unpaired) electrons. The highest BCUT2D eigenvalue weighted by atomic mass is 32.1. The van der Waals surface area contributed by atoms with Crippen molar-refractivity contribution in [3.8, 4) is 0 Å². The summed E-state index contributed by atoms with van der Waals surface area (Å²) >= 11 is 1.61. The summed E-state index contributed by atoms with van der Waals surface area (Å²) in [5.41, 5.74) is 2.46. The van der Waals surface area contributed by atoms with Gasteiger partial charge in [0, 0.05) is 10.6 Å². The number of esters is 1. The first-order valence-electron chi connectivity index (χ1n) is 8.66. The quantitative estimate of drug-likeness (QED) is 0.848. The van der Waals surface area contributed by atoms with E-state index in [2.05, 4.69) is 20.8 Å². The fourth-order valence-corrected chi connectivity index (χ4v) is 4.60. The smallest absolute Gasteiger partial charge is 0.338 e. The van der Waals surface area contributed by atoms with Crippen LogP contribution in [-0.4, -0.2) is 32.3 Å². The lowest BCUT2D eigenvalue weighted by Crippen LogP contribution is -2.31. The van der Waals surface area contributed by atoms with Crippen molar-refractivity contribution >= 4 is 23.3 Å². The van der Waals surface area contributed by atoms with Gasteiger partial charge in [0.2, 0.25) is 5.95 Å². The first kappa shape index (κ1) is 16.3. The first-order chi connectivity index (χ1) is 12.1. The summed E-state index contributed by atoms with van der Waals surface area (Å²) in [6.45, 7) is 3.92. The Hall–Kier alpha value is -2.22. The van der Waals surface area contributed by atoms with Gasteiger partial charge in [0.05, 0.1) is 5.57 Å². The minimum Gasteiger partial charge on any atom is -0.459 e. The van der Waals surface area contributed by atoms with Crippen molar-refractivity contribution in [3.05, 3.63) is 33.2 Å². The lowest BCUT2D eigenvalue weighted by atomic mass is 9.97. The number of carbonyl (C=O) groups excluding carboxylic acids is 1. The zero-order chi connectivity index (χ0) is 17.4. The number of ether oxygens (including phenoxy) is 1. The second kappa shape index (κ2) is 6.59. The van der Waals surface area contributed by atoms with E-state index in [1.54, 1.807) is 16.0 Å². The predicted molar refractivity (Wildman–Crippen MR) is 94.3 cm³/mol. The summed E-state index contributed by atoms with van der Waals surface area (Å²) in [5, 5.41) is 17.0. The van der Waals surface area contributed by atoms with Crippen LogP contribution < -0.4 is 5.32 Å². The van der Waals surface area contributed by atoms with Gasteiger partial charge in [-0.2, -0.15) is 4.68 Å². The Labute approximate surface area is 150 Å². The van der Waals surface area contributed by atoms with Crippen molar-refractivity contribution in [1.29, 1.82) is 0 Å². The van der Waals surface area contributed by atoms with Gasteiger partial charge in [-0.1, -0.05) is 11.5 Å². The number of fused-ring (bicyclic) bond motifs is 1. The largest absolute Gasteiger partial charge is 0.459 e. The van der Waals surface area contributed by atoms with Gasteiger partial charge < -0.3 is 10.1 Å². The molecule has 3 heterocycles. The van der Waals surface area contributed by atoms with Crippen LogP contribution in [0, 0.1) is 6.92 Å². The van der Waals surface area contributed by atoms with Gasteiger partial charge in [-0.3, -0.25) is 0 Å². The van der Waals surface area contributed by atoms with Crippen molar-refractivity contribution in [2.45, 2.75) is 58.1 Å². The molecule has 1 N–H and O–H groups in total. The number of nitrogens with zero attached hydrogens (tertiary/aromatic N) is 4. The fraction of sp³-hybridized carbons (Fsp3) is 0.529. The Bertz CT molecular complexity index is 819. The lowest BCUT2D eigenvalue weighted by Gasteiger charge is -2.29. The highest BCUT2D eigenvalue weighted by molar-refractivity contribution is 7.10. The van der Waals surface area contributed by atoms with Crippen LogP contribution in [0.25, 0.3) is 0 Å². The van der Waals surface area contributed by atoms with Crippen molar-refractivity contribution in [1.82, 2.24) is 20.2 Å². The molecule has 1 aliphatic carbocycles. The third-order valence-electron chi connectivity index (χ3n) is 4.91. The van der Waals surface area contributed by atoms with Crippen LogP contribution in [0.2, 0.25) is 0 Å². The Morgan fingerprint density at radius 3 is 2.84 bits per heavy atom. The number of hydrogen-bond acceptors (Lipinski definition) is 7. The zero-order valence-electron chi connectivity index (χ0n) is 14.4. The number of thiophene rings is 1. The van der Waals surface area contributed by atoms with E-state index in [0.29, 0.717) is 11.5 Å². The average Bonchev–Trinajstić information content (AvgIpc) is 3.23. The number of rotatable bonds is 3. The topological polar surface area (TPSA) is 81.9 Å². The van der Waals surface area contributed by atoms with Gasteiger partial charge in [0.1, 0.15) is 12.1 Å². The number of tetrazole rings is 1. The molecule has 0 saturated heterocycles. The highest BCUT2D eigenvalue weighted by Crippen LogP contribution is 2.39. The summed E-state index contributed by atoms with van der Waals surface area (Å²) in [4.78, 5) is 14.1. The van der Waals surface area contributed by atoms with Gasteiger partial charge in [-0.05, 0) is 67.0 Å². The molecule has 1 fully saturated rings. The monoisotopic (exact) mass is 359 g/mol. The number of aryl methyl sites for hydroxylation is 1.